The summed E-state index contributed by atoms with van der Waals surface area (Å²) in [5, 5.41) is 2.56. The highest BCUT2D eigenvalue weighted by Gasteiger charge is 2.30. The van der Waals surface area contributed by atoms with Gasteiger partial charge in [-0.15, -0.1) is 0 Å². The van der Waals surface area contributed by atoms with Gasteiger partial charge < -0.3 is 0 Å². The molecule has 0 saturated heterocycles. The Kier molecular flexibility index (Phi) is 6.15. The minimum absolute atomic E-state index is 0.0262. The molecule has 0 aliphatic carbocycles. The summed E-state index contributed by atoms with van der Waals surface area (Å²) in [7, 11) is 0. The maximum atomic E-state index is 6.00. The van der Waals surface area contributed by atoms with Crippen LogP contribution >= 0.6 is 59.4 Å². The van der Waals surface area contributed by atoms with E-state index in [1.807, 2.05) is 12.1 Å². The standard InChI is InChI=1S/C16H14Br3Cl/c17-10-16(11-18,13-3-7-15(20)8-4-13)9-12-1-5-14(19)6-2-12/h1-8H,9-11H2. The lowest BCUT2D eigenvalue weighted by Gasteiger charge is -2.31. The molecule has 0 atom stereocenters. The molecular formula is C16H14Br3Cl. The highest BCUT2D eigenvalue weighted by molar-refractivity contribution is 9.10. The molecule has 2 aromatic carbocycles. The van der Waals surface area contributed by atoms with Gasteiger partial charge in [0.05, 0.1) is 0 Å². The maximum Gasteiger partial charge on any atom is 0.0406 e. The van der Waals surface area contributed by atoms with Crippen LogP contribution in [0.2, 0.25) is 5.02 Å². The molecule has 0 unspecified atom stereocenters. The molecule has 106 valence electrons. The Bertz CT molecular complexity index is 545. The fourth-order valence-corrected chi connectivity index (χ4v) is 4.55. The fraction of sp³-hybridized carbons (Fsp3) is 0.250. The van der Waals surface area contributed by atoms with Crippen molar-refractivity contribution in [3.63, 3.8) is 0 Å². The molecule has 0 fully saturated rings. The van der Waals surface area contributed by atoms with E-state index in [-0.39, 0.29) is 5.41 Å². The van der Waals surface area contributed by atoms with Gasteiger partial charge in [-0.1, -0.05) is 83.7 Å². The Morgan fingerprint density at radius 2 is 1.40 bits per heavy atom. The predicted octanol–water partition coefficient (Wildman–Crippen LogP) is 6.37. The molecule has 0 saturated carbocycles. The number of benzene rings is 2. The first-order chi connectivity index (χ1) is 9.59. The molecule has 0 aliphatic heterocycles. The maximum absolute atomic E-state index is 6.00. The molecule has 0 aromatic heterocycles. The summed E-state index contributed by atoms with van der Waals surface area (Å²) >= 11 is 16.9. The zero-order chi connectivity index (χ0) is 14.6. The molecule has 2 aromatic rings. The van der Waals surface area contributed by atoms with Crippen molar-refractivity contribution >= 4 is 59.4 Å². The zero-order valence-corrected chi connectivity index (χ0v) is 16.3. The van der Waals surface area contributed by atoms with E-state index in [0.29, 0.717) is 0 Å². The predicted molar refractivity (Wildman–Crippen MR) is 98.6 cm³/mol. The summed E-state index contributed by atoms with van der Waals surface area (Å²) < 4.78 is 1.11. The molecule has 0 spiro atoms. The van der Waals surface area contributed by atoms with E-state index >= 15 is 0 Å². The highest BCUT2D eigenvalue weighted by Crippen LogP contribution is 2.33. The van der Waals surface area contributed by atoms with Crippen molar-refractivity contribution < 1.29 is 0 Å². The Labute approximate surface area is 150 Å². The van der Waals surface area contributed by atoms with Crippen LogP contribution in [0.5, 0.6) is 0 Å². The first kappa shape index (κ1) is 16.5. The van der Waals surface area contributed by atoms with Gasteiger partial charge in [-0.3, -0.25) is 0 Å². The van der Waals surface area contributed by atoms with Crippen LogP contribution in [0.3, 0.4) is 0 Å². The summed E-state index contributed by atoms with van der Waals surface area (Å²) in [6.07, 6.45) is 0.971. The molecule has 4 heteroatoms. The Morgan fingerprint density at radius 1 is 0.850 bits per heavy atom. The number of halogens is 4. The Morgan fingerprint density at radius 3 is 1.90 bits per heavy atom. The van der Waals surface area contributed by atoms with E-state index in [1.54, 1.807) is 0 Å². The first-order valence-corrected chi connectivity index (χ1v) is 9.63. The second-order valence-corrected chi connectivity index (χ2v) is 7.33. The van der Waals surface area contributed by atoms with Gasteiger partial charge in [0.2, 0.25) is 0 Å². The molecule has 2 rings (SSSR count). The highest BCUT2D eigenvalue weighted by atomic mass is 79.9. The van der Waals surface area contributed by atoms with E-state index in [1.165, 1.54) is 11.1 Å². The second-order valence-electron chi connectivity index (χ2n) is 4.86. The normalized spacial score (nSPS) is 11.6. The summed E-state index contributed by atoms with van der Waals surface area (Å²) in [6, 6.07) is 16.7. The molecular weight excluding hydrogens is 467 g/mol. The SMILES string of the molecule is Clc1ccc(C(CBr)(CBr)Cc2ccc(Br)cc2)cc1. The van der Waals surface area contributed by atoms with Crippen LogP contribution in [0.25, 0.3) is 0 Å². The van der Waals surface area contributed by atoms with Crippen molar-refractivity contribution in [2.24, 2.45) is 0 Å². The summed E-state index contributed by atoms with van der Waals surface area (Å²) in [4.78, 5) is 0. The summed E-state index contributed by atoms with van der Waals surface area (Å²) in [5.41, 5.74) is 2.64. The quantitative estimate of drug-likeness (QED) is 0.435. The molecule has 0 amide bonds. The van der Waals surface area contributed by atoms with Crippen molar-refractivity contribution in [1.82, 2.24) is 0 Å². The third-order valence-corrected chi connectivity index (χ3v) is 6.35. The molecule has 0 radical (unpaired) electrons. The average Bonchev–Trinajstić information content (AvgIpc) is 2.48. The van der Waals surface area contributed by atoms with Crippen LogP contribution in [0, 0.1) is 0 Å². The topological polar surface area (TPSA) is 0 Å². The second kappa shape index (κ2) is 7.44. The minimum Gasteiger partial charge on any atom is -0.0918 e. The molecule has 0 nitrogen and oxygen atoms in total. The average molecular weight is 481 g/mol. The number of alkyl halides is 2. The van der Waals surface area contributed by atoms with Crippen molar-refractivity contribution in [1.29, 1.82) is 0 Å². The van der Waals surface area contributed by atoms with Crippen molar-refractivity contribution in [2.75, 3.05) is 10.7 Å². The lowest BCUT2D eigenvalue weighted by molar-refractivity contribution is 0.551. The van der Waals surface area contributed by atoms with Crippen molar-refractivity contribution in [3.05, 3.63) is 69.2 Å². The van der Waals surface area contributed by atoms with Crippen LogP contribution in [0.15, 0.2) is 53.0 Å². The van der Waals surface area contributed by atoms with Gasteiger partial charge in [-0.2, -0.15) is 0 Å². The molecule has 0 N–H and O–H groups in total. The summed E-state index contributed by atoms with van der Waals surface area (Å²) in [5.74, 6) is 0. The van der Waals surface area contributed by atoms with Crippen LogP contribution in [-0.4, -0.2) is 10.7 Å². The van der Waals surface area contributed by atoms with Gasteiger partial charge in [-0.25, -0.2) is 0 Å². The van der Waals surface area contributed by atoms with Crippen LogP contribution in [0.1, 0.15) is 11.1 Å². The summed E-state index contributed by atoms with van der Waals surface area (Å²) in [6.45, 7) is 0. The minimum atomic E-state index is 0.0262. The number of hydrogen-bond acceptors (Lipinski definition) is 0. The molecule has 0 aliphatic rings. The van der Waals surface area contributed by atoms with Crippen molar-refractivity contribution in [2.45, 2.75) is 11.8 Å². The van der Waals surface area contributed by atoms with Gasteiger partial charge in [0.25, 0.3) is 0 Å². The van der Waals surface area contributed by atoms with E-state index in [0.717, 1.165) is 26.6 Å². The molecule has 0 heterocycles. The van der Waals surface area contributed by atoms with Gasteiger partial charge in [0.1, 0.15) is 0 Å². The van der Waals surface area contributed by atoms with E-state index in [2.05, 4.69) is 84.2 Å². The van der Waals surface area contributed by atoms with E-state index < -0.39 is 0 Å². The van der Waals surface area contributed by atoms with Gasteiger partial charge in [0, 0.05) is 25.6 Å². The lowest BCUT2D eigenvalue weighted by Crippen LogP contribution is -2.32. The zero-order valence-electron chi connectivity index (χ0n) is 10.8. The molecule has 20 heavy (non-hydrogen) atoms. The van der Waals surface area contributed by atoms with Gasteiger partial charge >= 0.3 is 0 Å². The van der Waals surface area contributed by atoms with E-state index in [4.69, 9.17) is 11.6 Å². The van der Waals surface area contributed by atoms with Gasteiger partial charge in [-0.05, 0) is 41.8 Å². The smallest absolute Gasteiger partial charge is 0.0406 e. The lowest BCUT2D eigenvalue weighted by atomic mass is 9.79. The molecule has 0 bridgehead atoms. The van der Waals surface area contributed by atoms with Crippen LogP contribution < -0.4 is 0 Å². The largest absolute Gasteiger partial charge is 0.0918 e. The van der Waals surface area contributed by atoms with Gasteiger partial charge in [0.15, 0.2) is 0 Å². The fourth-order valence-electron chi connectivity index (χ4n) is 2.18. The Balaban J connectivity index is 2.33. The third kappa shape index (κ3) is 3.88. The first-order valence-electron chi connectivity index (χ1n) is 6.22. The number of rotatable bonds is 5. The monoisotopic (exact) mass is 478 g/mol. The van der Waals surface area contributed by atoms with Crippen molar-refractivity contribution in [3.8, 4) is 0 Å². The Hall–Kier alpha value is 0.170. The van der Waals surface area contributed by atoms with Crippen LogP contribution in [-0.2, 0) is 11.8 Å². The van der Waals surface area contributed by atoms with Crippen LogP contribution in [0.4, 0.5) is 0 Å². The van der Waals surface area contributed by atoms with E-state index in [9.17, 15) is 0 Å². The number of hydrogen-bond donors (Lipinski definition) is 0. The third-order valence-electron chi connectivity index (χ3n) is 3.42.